The first-order chi connectivity index (χ1) is 19.8. The molecule has 0 amide bonds. The molecule has 1 aliphatic heterocycles. The number of rotatable bonds is 8. The van der Waals surface area contributed by atoms with Gasteiger partial charge in [-0.05, 0) is 86.3 Å². The van der Waals surface area contributed by atoms with E-state index in [1.165, 1.54) is 0 Å². The topological polar surface area (TPSA) is 109 Å². The molecule has 2 heterocycles. The van der Waals surface area contributed by atoms with Crippen LogP contribution in [0.5, 0.6) is 17.2 Å². The monoisotopic (exact) mass is 568 g/mol. The molecule has 0 aliphatic carbocycles. The van der Waals surface area contributed by atoms with Crippen LogP contribution >= 0.6 is 11.6 Å². The number of carbonyl (C=O) groups is 1. The number of anilines is 1. The van der Waals surface area contributed by atoms with E-state index < -0.39 is 5.97 Å². The quantitative estimate of drug-likeness (QED) is 0.243. The van der Waals surface area contributed by atoms with Gasteiger partial charge in [-0.2, -0.15) is 5.26 Å². The number of piperidine rings is 1. The van der Waals surface area contributed by atoms with E-state index in [1.54, 1.807) is 24.4 Å². The van der Waals surface area contributed by atoms with Gasteiger partial charge in [0, 0.05) is 24.8 Å². The maximum atomic E-state index is 11.3. The minimum absolute atomic E-state index is 0.316. The average Bonchev–Trinajstić information content (AvgIpc) is 2.98. The van der Waals surface area contributed by atoms with Crippen LogP contribution in [0.15, 0.2) is 66.9 Å². The van der Waals surface area contributed by atoms with Crippen LogP contribution in [0.1, 0.15) is 35.1 Å². The lowest BCUT2D eigenvalue weighted by Crippen LogP contribution is -2.37. The van der Waals surface area contributed by atoms with Gasteiger partial charge in [0.1, 0.15) is 23.9 Å². The van der Waals surface area contributed by atoms with Gasteiger partial charge in [0.15, 0.2) is 0 Å². The highest BCUT2D eigenvalue weighted by molar-refractivity contribution is 6.32. The fourth-order valence-corrected chi connectivity index (χ4v) is 5.00. The molecule has 0 spiro atoms. The number of aliphatic carboxylic acids is 1. The van der Waals surface area contributed by atoms with Crippen LogP contribution in [0.25, 0.3) is 11.3 Å². The molecule has 1 N–H and O–H groups in total. The third-order valence-corrected chi connectivity index (χ3v) is 7.46. The van der Waals surface area contributed by atoms with Crippen LogP contribution in [0.4, 0.5) is 5.95 Å². The molecule has 3 aromatic carbocycles. The Balaban J connectivity index is 1.31. The molecule has 9 heteroatoms. The lowest BCUT2D eigenvalue weighted by molar-refractivity contribution is -0.142. The first-order valence-electron chi connectivity index (χ1n) is 13.3. The largest absolute Gasteiger partial charge is 0.488 e. The smallest absolute Gasteiger partial charge is 0.306 e. The molecule has 41 heavy (non-hydrogen) atoms. The standard InChI is InChI=1S/C32H29ClN4O4/c1-20-3-7-29(26(15-20)28-9-12-35-32(36-28)37-13-10-23(11-14-37)31(38)39)40-19-24-5-6-25(16-21(24)2)41-30-8-4-22(18-34)17-27(30)33/h3-9,12,15-17,23H,10-11,13-14,19H2,1-2H3,(H,38,39). The maximum absolute atomic E-state index is 11.3. The normalized spacial score (nSPS) is 13.5. The van der Waals surface area contributed by atoms with Crippen molar-refractivity contribution in [2.45, 2.75) is 33.3 Å². The van der Waals surface area contributed by atoms with E-state index >= 15 is 0 Å². The minimum Gasteiger partial charge on any atom is -0.488 e. The minimum atomic E-state index is -0.742. The van der Waals surface area contributed by atoms with Gasteiger partial charge >= 0.3 is 5.97 Å². The summed E-state index contributed by atoms with van der Waals surface area (Å²) in [5, 5.41) is 18.7. The number of benzene rings is 3. The highest BCUT2D eigenvalue weighted by atomic mass is 35.5. The second kappa shape index (κ2) is 12.3. The zero-order chi connectivity index (χ0) is 28.9. The Bertz CT molecular complexity index is 1630. The van der Waals surface area contributed by atoms with Crippen molar-refractivity contribution in [3.63, 3.8) is 0 Å². The van der Waals surface area contributed by atoms with Gasteiger partial charge in [0.2, 0.25) is 5.95 Å². The zero-order valence-corrected chi connectivity index (χ0v) is 23.6. The zero-order valence-electron chi connectivity index (χ0n) is 22.8. The van der Waals surface area contributed by atoms with Crippen molar-refractivity contribution in [3.8, 4) is 34.6 Å². The molecule has 1 aliphatic rings. The van der Waals surface area contributed by atoms with E-state index in [4.69, 9.17) is 31.3 Å². The summed E-state index contributed by atoms with van der Waals surface area (Å²) in [4.78, 5) is 22.7. The van der Waals surface area contributed by atoms with Gasteiger partial charge in [-0.15, -0.1) is 0 Å². The second-order valence-electron chi connectivity index (χ2n) is 10.1. The molecule has 8 nitrogen and oxygen atoms in total. The van der Waals surface area contributed by atoms with Crippen molar-refractivity contribution in [1.82, 2.24) is 9.97 Å². The van der Waals surface area contributed by atoms with Crippen LogP contribution in [-0.4, -0.2) is 34.1 Å². The van der Waals surface area contributed by atoms with E-state index in [9.17, 15) is 9.90 Å². The fraction of sp³-hybridized carbons (Fsp3) is 0.250. The summed E-state index contributed by atoms with van der Waals surface area (Å²) in [6.45, 7) is 5.57. The molecule has 0 unspecified atom stereocenters. The van der Waals surface area contributed by atoms with Crippen molar-refractivity contribution < 1.29 is 19.4 Å². The molecule has 1 aromatic heterocycles. The molecule has 4 aromatic rings. The summed E-state index contributed by atoms with van der Waals surface area (Å²) in [6.07, 6.45) is 2.88. The second-order valence-corrected chi connectivity index (χ2v) is 10.5. The Morgan fingerprint density at radius 1 is 1.07 bits per heavy atom. The summed E-state index contributed by atoms with van der Waals surface area (Å²) >= 11 is 6.26. The molecular formula is C32H29ClN4O4. The third-order valence-electron chi connectivity index (χ3n) is 7.17. The van der Waals surface area contributed by atoms with Crippen LogP contribution in [-0.2, 0) is 11.4 Å². The summed E-state index contributed by atoms with van der Waals surface area (Å²) in [6, 6.07) is 20.6. The molecule has 5 rings (SSSR count). The predicted octanol–water partition coefficient (Wildman–Crippen LogP) is 6.96. The molecular weight excluding hydrogens is 540 g/mol. The highest BCUT2D eigenvalue weighted by Crippen LogP contribution is 2.34. The number of carboxylic acid groups (broad SMARTS) is 1. The van der Waals surface area contributed by atoms with E-state index in [-0.39, 0.29) is 5.92 Å². The number of aryl methyl sites for hydroxylation is 2. The Hall–Kier alpha value is -4.61. The molecule has 1 saturated heterocycles. The van der Waals surface area contributed by atoms with Gasteiger partial charge in [0.25, 0.3) is 0 Å². The first-order valence-corrected chi connectivity index (χ1v) is 13.7. The Morgan fingerprint density at radius 3 is 2.56 bits per heavy atom. The number of halogens is 1. The van der Waals surface area contributed by atoms with E-state index in [0.717, 1.165) is 27.9 Å². The first kappa shape index (κ1) is 27.9. The van der Waals surface area contributed by atoms with Crippen molar-refractivity contribution in [1.29, 1.82) is 5.26 Å². The number of hydrogen-bond acceptors (Lipinski definition) is 7. The van der Waals surface area contributed by atoms with Crippen molar-refractivity contribution in [2.75, 3.05) is 18.0 Å². The van der Waals surface area contributed by atoms with E-state index in [1.807, 2.05) is 61.2 Å². The molecule has 0 bridgehead atoms. The summed E-state index contributed by atoms with van der Waals surface area (Å²) in [5.41, 5.74) is 5.15. The third kappa shape index (κ3) is 6.59. The molecule has 0 atom stereocenters. The number of nitrogens with zero attached hydrogens (tertiary/aromatic N) is 4. The van der Waals surface area contributed by atoms with E-state index in [0.29, 0.717) is 66.3 Å². The molecule has 208 valence electrons. The van der Waals surface area contributed by atoms with Crippen molar-refractivity contribution >= 4 is 23.5 Å². The van der Waals surface area contributed by atoms with Gasteiger partial charge < -0.3 is 19.5 Å². The lowest BCUT2D eigenvalue weighted by Gasteiger charge is -2.30. The van der Waals surface area contributed by atoms with Crippen molar-refractivity contribution in [2.24, 2.45) is 5.92 Å². The number of ether oxygens (including phenoxy) is 2. The predicted molar refractivity (Wildman–Crippen MR) is 157 cm³/mol. The van der Waals surface area contributed by atoms with Crippen LogP contribution in [0, 0.1) is 31.1 Å². The van der Waals surface area contributed by atoms with Gasteiger partial charge in [-0.25, -0.2) is 9.97 Å². The SMILES string of the molecule is Cc1ccc(OCc2ccc(Oc3ccc(C#N)cc3Cl)cc2C)c(-c2ccnc(N3CCC(C(=O)O)CC3)n2)c1. The number of aromatic nitrogens is 2. The summed E-state index contributed by atoms with van der Waals surface area (Å²) in [5.74, 6) is 1.35. The molecule has 0 saturated carbocycles. The van der Waals surface area contributed by atoms with Gasteiger partial charge in [0.05, 0.1) is 28.3 Å². The highest BCUT2D eigenvalue weighted by Gasteiger charge is 2.26. The van der Waals surface area contributed by atoms with Gasteiger partial charge in [-0.1, -0.05) is 29.3 Å². The average molecular weight is 569 g/mol. The van der Waals surface area contributed by atoms with Crippen LogP contribution in [0.3, 0.4) is 0 Å². The van der Waals surface area contributed by atoms with E-state index in [2.05, 4.69) is 11.1 Å². The number of carboxylic acids is 1. The van der Waals surface area contributed by atoms with Crippen molar-refractivity contribution in [3.05, 3.63) is 94.1 Å². The molecule has 0 radical (unpaired) electrons. The number of hydrogen-bond donors (Lipinski definition) is 1. The Kier molecular flexibility index (Phi) is 8.37. The lowest BCUT2D eigenvalue weighted by atomic mass is 9.97. The summed E-state index contributed by atoms with van der Waals surface area (Å²) in [7, 11) is 0. The van der Waals surface area contributed by atoms with Crippen LogP contribution in [0.2, 0.25) is 5.02 Å². The number of nitriles is 1. The maximum Gasteiger partial charge on any atom is 0.306 e. The molecule has 1 fully saturated rings. The summed E-state index contributed by atoms with van der Waals surface area (Å²) < 4.78 is 12.3. The van der Waals surface area contributed by atoms with Crippen LogP contribution < -0.4 is 14.4 Å². The Labute approximate surface area is 243 Å². The van der Waals surface area contributed by atoms with Gasteiger partial charge in [-0.3, -0.25) is 4.79 Å². The Morgan fingerprint density at radius 2 is 1.85 bits per heavy atom. The fourth-order valence-electron chi connectivity index (χ4n) is 4.78.